The average molecular weight is 222 g/mol. The molecular weight excluding hydrogens is 196 g/mol. The molecule has 0 aromatic rings. The highest BCUT2D eigenvalue weighted by molar-refractivity contribution is 4.97. The molecule has 92 valence electrons. The quantitative estimate of drug-likeness (QED) is 0.771. The van der Waals surface area contributed by atoms with Gasteiger partial charge in [-0.1, -0.05) is 19.8 Å². The van der Waals surface area contributed by atoms with Crippen molar-refractivity contribution < 1.29 is 0 Å². The lowest BCUT2D eigenvalue weighted by Gasteiger charge is -2.43. The molecule has 3 fully saturated rings. The number of nitrogens with one attached hydrogen (secondary N) is 1. The number of rotatable bonds is 2. The summed E-state index contributed by atoms with van der Waals surface area (Å²) in [5.41, 5.74) is 0. The van der Waals surface area contributed by atoms with Crippen LogP contribution in [0.1, 0.15) is 45.4 Å². The summed E-state index contributed by atoms with van der Waals surface area (Å²) < 4.78 is 0. The number of piperidine rings is 1. The molecule has 2 aliphatic heterocycles. The van der Waals surface area contributed by atoms with Gasteiger partial charge in [-0.05, 0) is 50.6 Å². The molecule has 0 bridgehead atoms. The molecule has 16 heavy (non-hydrogen) atoms. The topological polar surface area (TPSA) is 15.3 Å². The zero-order valence-electron chi connectivity index (χ0n) is 10.6. The average Bonchev–Trinajstić information content (AvgIpc) is 2.96. The first kappa shape index (κ1) is 11.0. The molecule has 2 heterocycles. The molecule has 1 saturated carbocycles. The maximum Gasteiger partial charge on any atom is 0.0264 e. The van der Waals surface area contributed by atoms with Gasteiger partial charge >= 0.3 is 0 Å². The predicted molar refractivity (Wildman–Crippen MR) is 67.5 cm³/mol. The minimum atomic E-state index is 0.880. The Morgan fingerprint density at radius 1 is 1.06 bits per heavy atom. The van der Waals surface area contributed by atoms with Crippen LogP contribution in [0.2, 0.25) is 0 Å². The molecule has 0 spiro atoms. The van der Waals surface area contributed by atoms with E-state index in [4.69, 9.17) is 0 Å². The lowest BCUT2D eigenvalue weighted by molar-refractivity contribution is 0.0575. The van der Waals surface area contributed by atoms with Crippen molar-refractivity contribution in [3.8, 4) is 0 Å². The van der Waals surface area contributed by atoms with Gasteiger partial charge in [-0.2, -0.15) is 0 Å². The van der Waals surface area contributed by atoms with E-state index >= 15 is 0 Å². The lowest BCUT2D eigenvalue weighted by Crippen LogP contribution is -2.51. The van der Waals surface area contributed by atoms with Gasteiger partial charge < -0.3 is 5.32 Å². The van der Waals surface area contributed by atoms with Gasteiger partial charge in [-0.15, -0.1) is 0 Å². The highest BCUT2D eigenvalue weighted by Gasteiger charge is 2.41. The number of fused-ring (bicyclic) bond motifs is 1. The fourth-order valence-electron chi connectivity index (χ4n) is 4.45. The molecule has 4 atom stereocenters. The highest BCUT2D eigenvalue weighted by atomic mass is 15.2. The van der Waals surface area contributed by atoms with Crippen LogP contribution in [0.4, 0.5) is 0 Å². The van der Waals surface area contributed by atoms with Gasteiger partial charge in [-0.3, -0.25) is 4.90 Å². The fraction of sp³-hybridized carbons (Fsp3) is 1.00. The van der Waals surface area contributed by atoms with Gasteiger partial charge in [0.15, 0.2) is 0 Å². The van der Waals surface area contributed by atoms with E-state index in [0.717, 1.165) is 23.9 Å². The summed E-state index contributed by atoms with van der Waals surface area (Å²) in [5.74, 6) is 1.96. The second-order valence-electron chi connectivity index (χ2n) is 6.03. The first-order valence-corrected chi connectivity index (χ1v) is 7.36. The monoisotopic (exact) mass is 222 g/mol. The fourth-order valence-corrected chi connectivity index (χ4v) is 4.45. The Hall–Kier alpha value is -0.0800. The number of hydrogen-bond acceptors (Lipinski definition) is 2. The van der Waals surface area contributed by atoms with E-state index in [1.165, 1.54) is 58.2 Å². The van der Waals surface area contributed by atoms with Crippen molar-refractivity contribution in [2.75, 3.05) is 19.6 Å². The molecule has 3 rings (SSSR count). The van der Waals surface area contributed by atoms with Crippen molar-refractivity contribution in [2.45, 2.75) is 57.5 Å². The minimum Gasteiger partial charge on any atom is -0.315 e. The highest BCUT2D eigenvalue weighted by Crippen LogP contribution is 2.37. The number of nitrogens with zero attached hydrogens (tertiary/aromatic N) is 1. The van der Waals surface area contributed by atoms with Crippen LogP contribution in [0, 0.1) is 11.8 Å². The summed E-state index contributed by atoms with van der Waals surface area (Å²) >= 11 is 0. The Labute approximate surface area is 99.8 Å². The van der Waals surface area contributed by atoms with Crippen molar-refractivity contribution in [1.29, 1.82) is 0 Å². The van der Waals surface area contributed by atoms with E-state index < -0.39 is 0 Å². The third kappa shape index (κ3) is 1.80. The largest absolute Gasteiger partial charge is 0.315 e. The molecule has 0 aromatic heterocycles. The second-order valence-corrected chi connectivity index (χ2v) is 6.03. The number of likely N-dealkylation sites (tertiary alicyclic amines) is 1. The molecule has 2 saturated heterocycles. The summed E-state index contributed by atoms with van der Waals surface area (Å²) in [5, 5.41) is 3.61. The predicted octanol–water partition coefficient (Wildman–Crippen LogP) is 2.25. The lowest BCUT2D eigenvalue weighted by atomic mass is 9.88. The van der Waals surface area contributed by atoms with E-state index in [1.54, 1.807) is 0 Å². The van der Waals surface area contributed by atoms with Crippen LogP contribution in [-0.2, 0) is 0 Å². The number of hydrogen-bond donors (Lipinski definition) is 1. The zero-order valence-corrected chi connectivity index (χ0v) is 10.6. The molecule has 0 amide bonds. The Morgan fingerprint density at radius 3 is 2.88 bits per heavy atom. The van der Waals surface area contributed by atoms with Gasteiger partial charge in [-0.25, -0.2) is 0 Å². The Kier molecular flexibility index (Phi) is 3.21. The standard InChI is InChI=1S/C14H26N2/c1-2-11-5-3-7-13(11)16-8-4-6-12-9-15-10-14(12)16/h11-15H,2-10H2,1H3. The molecule has 2 heteroatoms. The molecule has 1 aliphatic carbocycles. The van der Waals surface area contributed by atoms with Crippen molar-refractivity contribution >= 4 is 0 Å². The normalized spacial score (nSPS) is 44.8. The Bertz CT molecular complexity index is 241. The van der Waals surface area contributed by atoms with E-state index in [9.17, 15) is 0 Å². The Morgan fingerprint density at radius 2 is 2.00 bits per heavy atom. The van der Waals surface area contributed by atoms with Gasteiger partial charge in [0.1, 0.15) is 0 Å². The second kappa shape index (κ2) is 4.66. The van der Waals surface area contributed by atoms with Crippen LogP contribution in [0.25, 0.3) is 0 Å². The van der Waals surface area contributed by atoms with E-state index in [1.807, 2.05) is 0 Å². The van der Waals surface area contributed by atoms with Crippen LogP contribution in [0.5, 0.6) is 0 Å². The maximum absolute atomic E-state index is 3.61. The van der Waals surface area contributed by atoms with Gasteiger partial charge in [0.25, 0.3) is 0 Å². The van der Waals surface area contributed by atoms with E-state index in [0.29, 0.717) is 0 Å². The summed E-state index contributed by atoms with van der Waals surface area (Å²) in [6.07, 6.45) is 8.74. The van der Waals surface area contributed by atoms with Crippen molar-refractivity contribution in [3.63, 3.8) is 0 Å². The van der Waals surface area contributed by atoms with Crippen molar-refractivity contribution in [2.24, 2.45) is 11.8 Å². The molecule has 2 nitrogen and oxygen atoms in total. The summed E-state index contributed by atoms with van der Waals surface area (Å²) in [4.78, 5) is 2.90. The summed E-state index contributed by atoms with van der Waals surface area (Å²) in [6.45, 7) is 6.31. The minimum absolute atomic E-state index is 0.880. The SMILES string of the molecule is CCC1CCCC1N1CCCC2CNCC21. The third-order valence-corrected chi connectivity index (χ3v) is 5.29. The molecule has 4 unspecified atom stereocenters. The molecule has 3 aliphatic rings. The molecule has 1 N–H and O–H groups in total. The molecule has 0 aromatic carbocycles. The van der Waals surface area contributed by atoms with Crippen LogP contribution < -0.4 is 5.32 Å². The van der Waals surface area contributed by atoms with Gasteiger partial charge in [0.05, 0.1) is 0 Å². The summed E-state index contributed by atoms with van der Waals surface area (Å²) in [6, 6.07) is 1.81. The van der Waals surface area contributed by atoms with E-state index in [2.05, 4.69) is 17.1 Å². The van der Waals surface area contributed by atoms with Gasteiger partial charge in [0, 0.05) is 18.6 Å². The van der Waals surface area contributed by atoms with E-state index in [-0.39, 0.29) is 0 Å². The Balaban J connectivity index is 1.72. The summed E-state index contributed by atoms with van der Waals surface area (Å²) in [7, 11) is 0. The van der Waals surface area contributed by atoms with Crippen molar-refractivity contribution in [1.82, 2.24) is 10.2 Å². The zero-order chi connectivity index (χ0) is 11.0. The third-order valence-electron chi connectivity index (χ3n) is 5.29. The van der Waals surface area contributed by atoms with Crippen LogP contribution in [0.15, 0.2) is 0 Å². The van der Waals surface area contributed by atoms with Crippen LogP contribution in [0.3, 0.4) is 0 Å². The van der Waals surface area contributed by atoms with Gasteiger partial charge in [0.2, 0.25) is 0 Å². The maximum atomic E-state index is 3.61. The van der Waals surface area contributed by atoms with Crippen LogP contribution in [-0.4, -0.2) is 36.6 Å². The van der Waals surface area contributed by atoms with Crippen molar-refractivity contribution in [3.05, 3.63) is 0 Å². The smallest absolute Gasteiger partial charge is 0.0264 e. The van der Waals surface area contributed by atoms with Crippen LogP contribution >= 0.6 is 0 Å². The first-order chi connectivity index (χ1) is 7.90. The first-order valence-electron chi connectivity index (χ1n) is 7.36. The molecule has 0 radical (unpaired) electrons. The molecular formula is C14H26N2.